The van der Waals surface area contributed by atoms with E-state index in [0.29, 0.717) is 23.0 Å². The first kappa shape index (κ1) is 20.2. The van der Waals surface area contributed by atoms with Crippen LogP contribution in [0.1, 0.15) is 18.9 Å². The maximum absolute atomic E-state index is 13.9. The van der Waals surface area contributed by atoms with E-state index in [0.717, 1.165) is 30.5 Å². The molecule has 0 bridgehead atoms. The second kappa shape index (κ2) is 7.76. The van der Waals surface area contributed by atoms with Gasteiger partial charge in [-0.15, -0.1) is 0 Å². The molecule has 0 aliphatic heterocycles. The molecule has 4 aromatic rings. The van der Waals surface area contributed by atoms with Gasteiger partial charge in [0.1, 0.15) is 22.9 Å². The van der Waals surface area contributed by atoms with E-state index in [4.69, 9.17) is 10.5 Å². The van der Waals surface area contributed by atoms with E-state index in [-0.39, 0.29) is 23.3 Å². The molecule has 2 aromatic carbocycles. The van der Waals surface area contributed by atoms with Gasteiger partial charge in [0.25, 0.3) is 0 Å². The van der Waals surface area contributed by atoms with E-state index >= 15 is 0 Å². The summed E-state index contributed by atoms with van der Waals surface area (Å²) in [5.74, 6) is -0.966. The van der Waals surface area contributed by atoms with Crippen LogP contribution >= 0.6 is 0 Å². The zero-order valence-corrected chi connectivity index (χ0v) is 17.3. The summed E-state index contributed by atoms with van der Waals surface area (Å²) < 4.78 is 35.8. The van der Waals surface area contributed by atoms with E-state index in [9.17, 15) is 13.6 Å². The van der Waals surface area contributed by atoms with Crippen LogP contribution in [0.15, 0.2) is 59.5 Å². The number of aromatic nitrogens is 3. The molecule has 0 radical (unpaired) electrons. The summed E-state index contributed by atoms with van der Waals surface area (Å²) in [4.78, 5) is 17.6. The Hall–Kier alpha value is -3.72. The molecule has 2 aromatic heterocycles. The highest BCUT2D eigenvalue weighted by atomic mass is 19.1. The zero-order valence-electron chi connectivity index (χ0n) is 17.3. The first-order valence-corrected chi connectivity index (χ1v) is 10.2. The number of anilines is 1. The third kappa shape index (κ3) is 3.31. The van der Waals surface area contributed by atoms with Gasteiger partial charge in [0.2, 0.25) is 0 Å². The lowest BCUT2D eigenvalue weighted by atomic mass is 9.86. The Morgan fingerprint density at radius 3 is 2.56 bits per heavy atom. The molecule has 0 spiro atoms. The van der Waals surface area contributed by atoms with Crippen molar-refractivity contribution < 1.29 is 13.5 Å². The van der Waals surface area contributed by atoms with Crippen molar-refractivity contribution in [2.24, 2.45) is 0 Å². The molecule has 2 heterocycles. The summed E-state index contributed by atoms with van der Waals surface area (Å²) in [7, 11) is 1.91. The van der Waals surface area contributed by atoms with E-state index in [1.165, 1.54) is 10.6 Å². The van der Waals surface area contributed by atoms with Gasteiger partial charge in [-0.3, -0.25) is 9.13 Å². The van der Waals surface area contributed by atoms with Crippen LogP contribution in [0.5, 0.6) is 11.5 Å². The predicted octanol–water partition coefficient (Wildman–Crippen LogP) is 3.76. The van der Waals surface area contributed by atoms with Gasteiger partial charge in [-0.2, -0.15) is 0 Å². The topological polar surface area (TPSA) is 87.1 Å². The third-order valence-electron chi connectivity index (χ3n) is 5.92. The second-order valence-corrected chi connectivity index (χ2v) is 7.83. The van der Waals surface area contributed by atoms with Crippen LogP contribution in [0.4, 0.5) is 14.6 Å². The van der Waals surface area contributed by atoms with Gasteiger partial charge in [0.15, 0.2) is 11.6 Å². The molecule has 32 heavy (non-hydrogen) atoms. The molecular weight excluding hydrogens is 416 g/mol. The molecule has 1 aliphatic rings. The minimum absolute atomic E-state index is 0.0783. The Labute approximate surface area is 182 Å². The molecule has 0 unspecified atom stereocenters. The van der Waals surface area contributed by atoms with Crippen molar-refractivity contribution in [3.8, 4) is 17.2 Å². The number of halogens is 2. The highest BCUT2D eigenvalue weighted by molar-refractivity contribution is 5.87. The summed E-state index contributed by atoms with van der Waals surface area (Å²) in [6.07, 6.45) is 3.31. The van der Waals surface area contributed by atoms with E-state index in [1.54, 1.807) is 41.1 Å². The smallest absolute Gasteiger partial charge is 0.334 e. The molecule has 0 amide bonds. The van der Waals surface area contributed by atoms with Crippen molar-refractivity contribution in [2.45, 2.75) is 24.9 Å². The van der Waals surface area contributed by atoms with Crippen molar-refractivity contribution >= 4 is 16.9 Å². The monoisotopic (exact) mass is 437 g/mol. The van der Waals surface area contributed by atoms with E-state index in [2.05, 4.69) is 10.3 Å². The minimum Gasteiger partial charge on any atom is -0.454 e. The van der Waals surface area contributed by atoms with Gasteiger partial charge < -0.3 is 15.8 Å². The van der Waals surface area contributed by atoms with Gasteiger partial charge >= 0.3 is 5.69 Å². The number of rotatable bonds is 5. The van der Waals surface area contributed by atoms with Crippen molar-refractivity contribution in [3.05, 3.63) is 76.8 Å². The Kier molecular flexibility index (Phi) is 4.90. The van der Waals surface area contributed by atoms with Gasteiger partial charge in [0, 0.05) is 24.3 Å². The van der Waals surface area contributed by atoms with Gasteiger partial charge in [-0.05, 0) is 62.4 Å². The number of imidazole rings is 1. The van der Waals surface area contributed by atoms with Gasteiger partial charge in [0.05, 0.1) is 11.2 Å². The lowest BCUT2D eigenvalue weighted by Gasteiger charge is -2.35. The maximum Gasteiger partial charge on any atom is 0.334 e. The van der Waals surface area contributed by atoms with E-state index in [1.807, 2.05) is 7.05 Å². The zero-order chi connectivity index (χ0) is 22.4. The fraction of sp³-hybridized carbons (Fsp3) is 0.217. The van der Waals surface area contributed by atoms with Crippen LogP contribution in [0, 0.1) is 11.6 Å². The minimum atomic E-state index is -0.799. The molecular formula is C23H21F2N5O2. The number of pyridine rings is 1. The molecule has 1 aliphatic carbocycles. The van der Waals surface area contributed by atoms with Crippen molar-refractivity contribution in [1.29, 1.82) is 0 Å². The third-order valence-corrected chi connectivity index (χ3v) is 5.92. The lowest BCUT2D eigenvalue weighted by molar-refractivity contribution is 0.236. The SMILES string of the molecule is CNC1CC(n2c(=O)n(-c3ccc(Oc4ccc(F)cc4F)cc3)c3c(N)nccc32)C1. The van der Waals surface area contributed by atoms with E-state index < -0.39 is 11.6 Å². The highest BCUT2D eigenvalue weighted by Crippen LogP contribution is 2.35. The van der Waals surface area contributed by atoms with Gasteiger partial charge in [-0.25, -0.2) is 18.6 Å². The Morgan fingerprint density at radius 2 is 1.88 bits per heavy atom. The quantitative estimate of drug-likeness (QED) is 0.497. The molecule has 3 N–H and O–H groups in total. The molecule has 7 nitrogen and oxygen atoms in total. The molecule has 9 heteroatoms. The normalized spacial score (nSPS) is 18.0. The van der Waals surface area contributed by atoms with Gasteiger partial charge in [-0.1, -0.05) is 0 Å². The summed E-state index contributed by atoms with van der Waals surface area (Å²) in [5.41, 5.74) is 7.82. The number of hydrogen-bond acceptors (Lipinski definition) is 5. The number of fused-ring (bicyclic) bond motifs is 1. The second-order valence-electron chi connectivity index (χ2n) is 7.83. The summed E-state index contributed by atoms with van der Waals surface area (Å²) in [5, 5.41) is 3.23. The molecule has 0 atom stereocenters. The fourth-order valence-corrected chi connectivity index (χ4v) is 4.16. The van der Waals surface area contributed by atoms with Crippen LogP contribution in [0.3, 0.4) is 0 Å². The average Bonchev–Trinajstić information content (AvgIpc) is 3.03. The van der Waals surface area contributed by atoms with Crippen LogP contribution in [-0.2, 0) is 0 Å². The first-order chi connectivity index (χ1) is 15.5. The number of nitrogens with one attached hydrogen (secondary N) is 1. The number of nitrogens with zero attached hydrogens (tertiary/aromatic N) is 3. The standard InChI is InChI=1S/C23H21F2N5O2/c1-27-14-11-16(12-14)29-19-8-9-28-22(26)21(19)30(23(29)31)15-3-5-17(6-4-15)32-20-7-2-13(24)10-18(20)25/h2-10,14,16,27H,11-12H2,1H3,(H2,26,28). The summed E-state index contributed by atoms with van der Waals surface area (Å²) in [6, 6.07) is 12.0. The Morgan fingerprint density at radius 1 is 1.12 bits per heavy atom. The first-order valence-electron chi connectivity index (χ1n) is 10.2. The molecule has 1 saturated carbocycles. The lowest BCUT2D eigenvalue weighted by Crippen LogP contribution is -2.43. The summed E-state index contributed by atoms with van der Waals surface area (Å²) in [6.45, 7) is 0. The molecule has 1 fully saturated rings. The predicted molar refractivity (Wildman–Crippen MR) is 117 cm³/mol. The Balaban J connectivity index is 1.53. The molecule has 5 rings (SSSR count). The van der Waals surface area contributed by atoms with Crippen LogP contribution in [0.25, 0.3) is 16.7 Å². The number of hydrogen-bond donors (Lipinski definition) is 2. The van der Waals surface area contributed by atoms with Crippen LogP contribution in [0.2, 0.25) is 0 Å². The Bertz CT molecular complexity index is 1360. The number of nitrogen functional groups attached to an aromatic ring is 1. The highest BCUT2D eigenvalue weighted by Gasteiger charge is 2.33. The number of benzene rings is 2. The average molecular weight is 437 g/mol. The van der Waals surface area contributed by atoms with Crippen LogP contribution < -0.4 is 21.5 Å². The van der Waals surface area contributed by atoms with Crippen molar-refractivity contribution in [2.75, 3.05) is 12.8 Å². The largest absolute Gasteiger partial charge is 0.454 e. The maximum atomic E-state index is 13.9. The number of ether oxygens (including phenoxy) is 1. The number of nitrogens with two attached hydrogens (primary N) is 1. The van der Waals surface area contributed by atoms with Crippen molar-refractivity contribution in [3.63, 3.8) is 0 Å². The van der Waals surface area contributed by atoms with Crippen LogP contribution in [-0.4, -0.2) is 27.2 Å². The summed E-state index contributed by atoms with van der Waals surface area (Å²) >= 11 is 0. The van der Waals surface area contributed by atoms with Crippen molar-refractivity contribution in [1.82, 2.24) is 19.4 Å². The molecule has 164 valence electrons. The fourth-order valence-electron chi connectivity index (χ4n) is 4.16. The molecule has 0 saturated heterocycles.